The molecule has 0 N–H and O–H groups in total. The molecule has 1 aromatic heterocycles. The maximum absolute atomic E-state index is 12.0. The van der Waals surface area contributed by atoms with Crippen LogP contribution in [0.3, 0.4) is 0 Å². The van der Waals surface area contributed by atoms with Crippen LogP contribution in [0.5, 0.6) is 5.75 Å². The van der Waals surface area contributed by atoms with E-state index in [4.69, 9.17) is 17.0 Å². The van der Waals surface area contributed by atoms with Crippen molar-refractivity contribution in [3.05, 3.63) is 53.0 Å². The second-order valence-electron chi connectivity index (χ2n) is 5.14. The van der Waals surface area contributed by atoms with E-state index in [2.05, 4.69) is 10.3 Å². The molecular weight excluding hydrogens is 401 g/mol. The molecule has 1 aromatic carbocycles. The van der Waals surface area contributed by atoms with Crippen LogP contribution in [0.4, 0.5) is 0 Å². The Morgan fingerprint density at radius 3 is 2.67 bits per heavy atom. The molecular formula is C16H15N4O2SY-. The van der Waals surface area contributed by atoms with E-state index >= 15 is 0 Å². The molecule has 0 aliphatic carbocycles. The van der Waals surface area contributed by atoms with Crippen LogP contribution in [-0.2, 0) is 37.5 Å². The Morgan fingerprint density at radius 1 is 1.38 bits per heavy atom. The number of amides is 1. The summed E-state index contributed by atoms with van der Waals surface area (Å²) < 4.78 is 7.34. The van der Waals surface area contributed by atoms with Crippen molar-refractivity contribution in [2.24, 2.45) is 0 Å². The molecule has 2 heterocycles. The smallest absolute Gasteiger partial charge is 0.174 e. The first-order valence-corrected chi connectivity index (χ1v) is 7.35. The molecule has 1 aliphatic heterocycles. The number of carbonyl (C=O) groups is 1. The summed E-state index contributed by atoms with van der Waals surface area (Å²) >= 11 is 5.01. The van der Waals surface area contributed by atoms with Crippen molar-refractivity contribution in [3.63, 3.8) is 0 Å². The topological polar surface area (TPSA) is 61.5 Å². The molecule has 1 fully saturated rings. The normalized spacial score (nSPS) is 15.5. The monoisotopic (exact) mass is 416 g/mol. The third-order valence-corrected chi connectivity index (χ3v) is 3.89. The van der Waals surface area contributed by atoms with E-state index in [1.807, 2.05) is 35.9 Å². The number of hydrogen-bond donors (Lipinski definition) is 0. The van der Waals surface area contributed by atoms with E-state index in [0.29, 0.717) is 11.4 Å². The second-order valence-corrected chi connectivity index (χ2v) is 5.51. The standard InChI is InChI=1S/C16H16N4O2S.Y/c1-10-8-20(9-17-10)13-5-4-11(7-14(13)22-3)6-12-15(21)19(2)16(23)18-12;/h4-9H,1-3H3,(H,18,23);/p-1/b12-6-;. The van der Waals surface area contributed by atoms with Gasteiger partial charge in [-0.2, -0.15) is 0 Å². The summed E-state index contributed by atoms with van der Waals surface area (Å²) in [4.78, 5) is 17.6. The first-order valence-electron chi connectivity index (χ1n) is 6.94. The Balaban J connectivity index is 0.00000208. The average molecular weight is 416 g/mol. The number of thiocarbonyl (C=S) groups is 1. The van der Waals surface area contributed by atoms with Crippen LogP contribution in [0.25, 0.3) is 17.1 Å². The van der Waals surface area contributed by atoms with Gasteiger partial charge in [-0.1, -0.05) is 25.3 Å². The van der Waals surface area contributed by atoms with Gasteiger partial charge in [0.05, 0.1) is 24.8 Å². The van der Waals surface area contributed by atoms with Crippen molar-refractivity contribution in [1.82, 2.24) is 14.5 Å². The summed E-state index contributed by atoms with van der Waals surface area (Å²) in [5.41, 5.74) is 2.93. The molecule has 1 saturated heterocycles. The van der Waals surface area contributed by atoms with E-state index in [1.54, 1.807) is 26.6 Å². The van der Waals surface area contributed by atoms with Gasteiger partial charge in [-0.15, -0.1) is 0 Å². The SMILES string of the molecule is COc1cc(/C=C2\[N-]C(=S)N(C)C2=O)ccc1-n1cnc(C)c1.[Y]. The summed E-state index contributed by atoms with van der Waals surface area (Å²) in [5.74, 6) is 0.474. The number of aryl methyl sites for hydroxylation is 1. The van der Waals surface area contributed by atoms with Crippen LogP contribution in [0.2, 0.25) is 0 Å². The van der Waals surface area contributed by atoms with Gasteiger partial charge in [-0.3, -0.25) is 4.79 Å². The summed E-state index contributed by atoms with van der Waals surface area (Å²) in [7, 11) is 3.22. The maximum Gasteiger partial charge on any atom is 0.174 e. The van der Waals surface area contributed by atoms with E-state index in [-0.39, 0.29) is 43.7 Å². The van der Waals surface area contributed by atoms with Gasteiger partial charge in [0.1, 0.15) is 5.75 Å². The Kier molecular flexibility index (Phi) is 5.90. The van der Waals surface area contributed by atoms with Crippen molar-refractivity contribution in [3.8, 4) is 11.4 Å². The van der Waals surface area contributed by atoms with Crippen LogP contribution in [0.15, 0.2) is 36.4 Å². The average Bonchev–Trinajstić information content (AvgIpc) is 3.07. The molecule has 121 valence electrons. The molecule has 0 saturated carbocycles. The van der Waals surface area contributed by atoms with Gasteiger partial charge in [0, 0.05) is 49.7 Å². The number of likely N-dealkylation sites (N-methyl/N-ethyl adjacent to an activating group) is 1. The van der Waals surface area contributed by atoms with Crippen molar-refractivity contribution in [2.45, 2.75) is 6.92 Å². The number of carbonyl (C=O) groups excluding carboxylic acids is 1. The Bertz CT molecular complexity index is 831. The fraction of sp³-hybridized carbons (Fsp3) is 0.188. The zero-order valence-corrected chi connectivity index (χ0v) is 17.2. The molecule has 8 heteroatoms. The zero-order chi connectivity index (χ0) is 16.6. The van der Waals surface area contributed by atoms with Gasteiger partial charge < -0.3 is 19.5 Å². The Hall–Kier alpha value is -1.57. The molecule has 0 bridgehead atoms. The van der Waals surface area contributed by atoms with E-state index in [1.165, 1.54) is 4.90 Å². The minimum absolute atomic E-state index is 0. The van der Waals surface area contributed by atoms with E-state index in [9.17, 15) is 4.79 Å². The third-order valence-electron chi connectivity index (χ3n) is 3.52. The molecule has 1 aliphatic rings. The number of methoxy groups -OCH3 is 1. The number of aromatic nitrogens is 2. The fourth-order valence-electron chi connectivity index (χ4n) is 2.29. The largest absolute Gasteiger partial charge is 0.495 e. The van der Waals surface area contributed by atoms with Gasteiger partial charge in [-0.25, -0.2) is 4.98 Å². The van der Waals surface area contributed by atoms with Crippen molar-refractivity contribution < 1.29 is 42.2 Å². The molecule has 1 amide bonds. The summed E-state index contributed by atoms with van der Waals surface area (Å²) in [5, 5.41) is 4.37. The zero-order valence-electron chi connectivity index (χ0n) is 13.6. The van der Waals surface area contributed by atoms with Crippen molar-refractivity contribution in [2.75, 3.05) is 14.2 Å². The third kappa shape index (κ3) is 3.58. The van der Waals surface area contributed by atoms with Crippen LogP contribution in [0, 0.1) is 6.92 Å². The number of nitrogens with zero attached hydrogens (tertiary/aromatic N) is 4. The second kappa shape index (κ2) is 7.55. The fourth-order valence-corrected chi connectivity index (χ4v) is 2.47. The van der Waals surface area contributed by atoms with Gasteiger partial charge in [0.15, 0.2) is 5.91 Å². The molecule has 0 unspecified atom stereocenters. The Labute approximate surface area is 170 Å². The summed E-state index contributed by atoms with van der Waals surface area (Å²) in [6, 6.07) is 5.65. The molecule has 24 heavy (non-hydrogen) atoms. The first kappa shape index (κ1) is 18.8. The van der Waals surface area contributed by atoms with E-state index in [0.717, 1.165) is 16.9 Å². The molecule has 2 aromatic rings. The van der Waals surface area contributed by atoms with Crippen molar-refractivity contribution >= 4 is 29.3 Å². The Morgan fingerprint density at radius 2 is 2.12 bits per heavy atom. The van der Waals surface area contributed by atoms with Gasteiger partial charge in [0.25, 0.3) is 0 Å². The number of rotatable bonds is 3. The minimum Gasteiger partial charge on any atom is -0.495 e. The van der Waals surface area contributed by atoms with E-state index < -0.39 is 0 Å². The van der Waals surface area contributed by atoms with Gasteiger partial charge >= 0.3 is 0 Å². The van der Waals surface area contributed by atoms with Crippen LogP contribution in [0.1, 0.15) is 11.3 Å². The summed E-state index contributed by atoms with van der Waals surface area (Å²) in [6.45, 7) is 1.92. The van der Waals surface area contributed by atoms with Gasteiger partial charge in [0.2, 0.25) is 0 Å². The van der Waals surface area contributed by atoms with Gasteiger partial charge in [-0.05, 0) is 30.7 Å². The number of hydrogen-bond acceptors (Lipinski definition) is 4. The number of benzene rings is 1. The maximum atomic E-state index is 12.0. The quantitative estimate of drug-likeness (QED) is 0.570. The predicted octanol–water partition coefficient (Wildman–Crippen LogP) is 2.66. The molecule has 3 rings (SSSR count). The summed E-state index contributed by atoms with van der Waals surface area (Å²) in [6.07, 6.45) is 5.34. The first-order chi connectivity index (χ1) is 11.0. The molecule has 6 nitrogen and oxygen atoms in total. The molecule has 1 radical (unpaired) electrons. The molecule has 0 spiro atoms. The van der Waals surface area contributed by atoms with Crippen LogP contribution < -0.4 is 4.74 Å². The minimum atomic E-state index is -0.205. The van der Waals surface area contributed by atoms with Crippen LogP contribution in [-0.4, -0.2) is 39.6 Å². The number of imidazole rings is 1. The number of ether oxygens (including phenoxy) is 1. The predicted molar refractivity (Wildman–Crippen MR) is 91.6 cm³/mol. The van der Waals surface area contributed by atoms with Crippen molar-refractivity contribution in [1.29, 1.82) is 0 Å². The molecule has 0 atom stereocenters. The van der Waals surface area contributed by atoms with Crippen LogP contribution >= 0.6 is 12.2 Å².